The average Bonchev–Trinajstić information content (AvgIpc) is 2.06. The lowest BCUT2D eigenvalue weighted by atomic mass is 10.2. The van der Waals surface area contributed by atoms with Crippen LogP contribution in [0.15, 0.2) is 24.3 Å². The number of ether oxygens (including phenoxy) is 1. The van der Waals surface area contributed by atoms with E-state index in [9.17, 15) is 0 Å². The Morgan fingerprint density at radius 3 is 2.67 bits per heavy atom. The second kappa shape index (κ2) is 5.45. The molecule has 0 heterocycles. The maximum Gasteiger partial charge on any atom is 0.137 e. The van der Waals surface area contributed by atoms with Crippen molar-refractivity contribution in [3.05, 3.63) is 29.8 Å². The third kappa shape index (κ3) is 2.44. The molecular weight excluding hydrogens is 174 g/mol. The molecule has 3 heteroatoms. The molecule has 1 rings (SSSR count). The van der Waals surface area contributed by atoms with Gasteiger partial charge in [-0.25, -0.2) is 0 Å². The van der Waals surface area contributed by atoms with E-state index in [1.54, 1.807) is 12.1 Å². The van der Waals surface area contributed by atoms with E-state index in [-0.39, 0.29) is 12.4 Å². The van der Waals surface area contributed by atoms with Gasteiger partial charge < -0.3 is 4.74 Å². The van der Waals surface area contributed by atoms with Crippen LogP contribution in [0, 0.1) is 11.3 Å². The molecule has 0 spiro atoms. The highest BCUT2D eigenvalue weighted by Crippen LogP contribution is 2.15. The lowest BCUT2D eigenvalue weighted by molar-refractivity contribution is 0.339. The fourth-order valence-corrected chi connectivity index (χ4v) is 0.840. The van der Waals surface area contributed by atoms with Gasteiger partial charge in [-0.05, 0) is 19.1 Å². The molecule has 0 aliphatic rings. The lowest BCUT2D eigenvalue weighted by Crippen LogP contribution is -1.93. The Kier molecular flexibility index (Phi) is 4.91. The minimum absolute atomic E-state index is 0. The molecule has 0 amide bonds. The summed E-state index contributed by atoms with van der Waals surface area (Å²) < 4.78 is 5.21. The first-order chi connectivity index (χ1) is 5.38. The average molecular weight is 184 g/mol. The van der Waals surface area contributed by atoms with E-state index in [2.05, 4.69) is 6.07 Å². The molecule has 64 valence electrons. The van der Waals surface area contributed by atoms with Gasteiger partial charge in [-0.15, -0.1) is 12.4 Å². The summed E-state index contributed by atoms with van der Waals surface area (Å²) in [6.07, 6.45) is 0. The maximum absolute atomic E-state index is 8.62. The molecule has 0 fully saturated rings. The fraction of sp³-hybridized carbons (Fsp3) is 0.222. The van der Waals surface area contributed by atoms with Gasteiger partial charge in [-0.2, -0.15) is 5.26 Å². The van der Waals surface area contributed by atoms with Crippen LogP contribution < -0.4 is 4.74 Å². The monoisotopic (exact) mass is 183 g/mol. The van der Waals surface area contributed by atoms with Crippen molar-refractivity contribution >= 4 is 12.4 Å². The van der Waals surface area contributed by atoms with Crippen molar-refractivity contribution in [3.63, 3.8) is 0 Å². The van der Waals surface area contributed by atoms with Crippen LogP contribution in [0.5, 0.6) is 5.75 Å². The van der Waals surface area contributed by atoms with Crippen molar-refractivity contribution in [3.8, 4) is 11.8 Å². The first kappa shape index (κ1) is 10.8. The molecule has 12 heavy (non-hydrogen) atoms. The molecule has 0 aromatic heterocycles. The highest BCUT2D eigenvalue weighted by molar-refractivity contribution is 5.85. The summed E-state index contributed by atoms with van der Waals surface area (Å²) in [7, 11) is 0. The zero-order valence-electron chi connectivity index (χ0n) is 6.78. The second-order valence-electron chi connectivity index (χ2n) is 2.04. The third-order valence-electron chi connectivity index (χ3n) is 1.31. The Morgan fingerprint density at radius 1 is 1.42 bits per heavy atom. The van der Waals surface area contributed by atoms with Crippen molar-refractivity contribution in [2.45, 2.75) is 6.92 Å². The number of benzene rings is 1. The molecule has 0 bridgehead atoms. The quantitative estimate of drug-likeness (QED) is 0.706. The summed E-state index contributed by atoms with van der Waals surface area (Å²) in [4.78, 5) is 0. The van der Waals surface area contributed by atoms with E-state index in [0.717, 1.165) is 0 Å². The Bertz CT molecular complexity index is 280. The molecule has 0 aliphatic heterocycles. The van der Waals surface area contributed by atoms with Crippen LogP contribution in [0.1, 0.15) is 12.5 Å². The standard InChI is InChI=1S/C9H9NO.ClH/c1-2-11-9-6-4-3-5-8(9)7-10;/h3-6H,2H2,1H3;1H. The van der Waals surface area contributed by atoms with Crippen molar-refractivity contribution in [2.24, 2.45) is 0 Å². The second-order valence-corrected chi connectivity index (χ2v) is 2.04. The summed E-state index contributed by atoms with van der Waals surface area (Å²) in [5.74, 6) is 0.664. The lowest BCUT2D eigenvalue weighted by Gasteiger charge is -2.02. The first-order valence-electron chi connectivity index (χ1n) is 3.50. The van der Waals surface area contributed by atoms with Gasteiger partial charge in [0.15, 0.2) is 0 Å². The van der Waals surface area contributed by atoms with Gasteiger partial charge in [0.05, 0.1) is 12.2 Å². The Morgan fingerprint density at radius 2 is 2.08 bits per heavy atom. The molecule has 1 aromatic rings. The van der Waals surface area contributed by atoms with Gasteiger partial charge >= 0.3 is 0 Å². The first-order valence-corrected chi connectivity index (χ1v) is 3.50. The summed E-state index contributed by atoms with van der Waals surface area (Å²) in [5.41, 5.74) is 0.592. The molecule has 1 aromatic carbocycles. The molecule has 0 saturated carbocycles. The molecule has 0 radical (unpaired) electrons. The van der Waals surface area contributed by atoms with Crippen LogP contribution in [0.3, 0.4) is 0 Å². The minimum atomic E-state index is 0. The van der Waals surface area contributed by atoms with Crippen LogP contribution in [0.2, 0.25) is 0 Å². The van der Waals surface area contributed by atoms with Crippen molar-refractivity contribution in [1.82, 2.24) is 0 Å². The summed E-state index contributed by atoms with van der Waals surface area (Å²) in [5, 5.41) is 8.62. The highest BCUT2D eigenvalue weighted by Gasteiger charge is 1.98. The molecule has 0 N–H and O–H groups in total. The number of nitriles is 1. The molecular formula is C9H10ClNO. The number of hydrogen-bond donors (Lipinski definition) is 0. The van der Waals surface area contributed by atoms with Crippen LogP contribution in [-0.4, -0.2) is 6.61 Å². The predicted molar refractivity (Wildman–Crippen MR) is 49.6 cm³/mol. The topological polar surface area (TPSA) is 33.0 Å². The van der Waals surface area contributed by atoms with E-state index in [0.29, 0.717) is 17.9 Å². The van der Waals surface area contributed by atoms with E-state index >= 15 is 0 Å². The summed E-state index contributed by atoms with van der Waals surface area (Å²) in [6.45, 7) is 2.49. The molecule has 0 unspecified atom stereocenters. The smallest absolute Gasteiger partial charge is 0.137 e. The Labute approximate surface area is 78.2 Å². The molecule has 0 aliphatic carbocycles. The van der Waals surface area contributed by atoms with Gasteiger partial charge in [0.25, 0.3) is 0 Å². The highest BCUT2D eigenvalue weighted by atomic mass is 35.5. The van der Waals surface area contributed by atoms with Crippen LogP contribution in [-0.2, 0) is 0 Å². The van der Waals surface area contributed by atoms with Crippen LogP contribution in [0.4, 0.5) is 0 Å². The van der Waals surface area contributed by atoms with E-state index in [1.165, 1.54) is 0 Å². The summed E-state index contributed by atoms with van der Waals surface area (Å²) in [6, 6.07) is 9.26. The van der Waals surface area contributed by atoms with Gasteiger partial charge in [0, 0.05) is 0 Å². The van der Waals surface area contributed by atoms with Crippen molar-refractivity contribution in [1.29, 1.82) is 5.26 Å². The number of halogens is 1. The van der Waals surface area contributed by atoms with Gasteiger partial charge in [0.1, 0.15) is 11.8 Å². The van der Waals surface area contributed by atoms with Crippen LogP contribution in [0.25, 0.3) is 0 Å². The zero-order valence-corrected chi connectivity index (χ0v) is 7.60. The number of rotatable bonds is 2. The number of hydrogen-bond acceptors (Lipinski definition) is 2. The number of para-hydroxylation sites is 1. The minimum Gasteiger partial charge on any atom is -0.492 e. The third-order valence-corrected chi connectivity index (χ3v) is 1.31. The van der Waals surface area contributed by atoms with E-state index < -0.39 is 0 Å². The SMILES string of the molecule is CCOc1ccccc1C#N.Cl. The summed E-state index contributed by atoms with van der Waals surface area (Å²) >= 11 is 0. The molecule has 0 saturated heterocycles. The normalized spacial score (nSPS) is 8.00. The van der Waals surface area contributed by atoms with Crippen molar-refractivity contribution < 1.29 is 4.74 Å². The van der Waals surface area contributed by atoms with E-state index in [4.69, 9.17) is 10.00 Å². The predicted octanol–water partition coefficient (Wildman–Crippen LogP) is 2.38. The largest absolute Gasteiger partial charge is 0.492 e. The van der Waals surface area contributed by atoms with Crippen molar-refractivity contribution in [2.75, 3.05) is 6.61 Å². The van der Waals surface area contributed by atoms with Gasteiger partial charge in [-0.1, -0.05) is 12.1 Å². The molecule has 2 nitrogen and oxygen atoms in total. The Balaban J connectivity index is 0.00000121. The molecule has 0 atom stereocenters. The van der Waals surface area contributed by atoms with Gasteiger partial charge in [-0.3, -0.25) is 0 Å². The fourth-order valence-electron chi connectivity index (χ4n) is 0.840. The number of nitrogens with zero attached hydrogens (tertiary/aromatic N) is 1. The van der Waals surface area contributed by atoms with Crippen LogP contribution >= 0.6 is 12.4 Å². The van der Waals surface area contributed by atoms with Gasteiger partial charge in [0.2, 0.25) is 0 Å². The Hall–Kier alpha value is -1.20. The van der Waals surface area contributed by atoms with E-state index in [1.807, 2.05) is 19.1 Å². The maximum atomic E-state index is 8.62. The zero-order chi connectivity index (χ0) is 8.10.